The molecule has 5 heteroatoms. The molecular weight excluding hydrogens is 546 g/mol. The highest BCUT2D eigenvalue weighted by atomic mass is 16.3. The number of allylic oxidation sites excluding steroid dienone is 6. The van der Waals surface area contributed by atoms with Crippen LogP contribution in [0.1, 0.15) is 181 Å². The first-order chi connectivity index (χ1) is 21.6. The Hall–Kier alpha value is -1.43. The van der Waals surface area contributed by atoms with Crippen molar-refractivity contribution in [2.45, 2.75) is 199 Å². The highest BCUT2D eigenvalue weighted by Gasteiger charge is 2.26. The number of aliphatic hydroxyl groups excluding tert-OH is 3. The number of aliphatic hydroxyl groups is 3. The Kier molecular flexibility index (Phi) is 33.3. The Labute approximate surface area is 273 Å². The summed E-state index contributed by atoms with van der Waals surface area (Å²) in [6, 6.07) is -0.844. The second-order valence-electron chi connectivity index (χ2n) is 12.8. The van der Waals surface area contributed by atoms with Gasteiger partial charge in [-0.1, -0.05) is 140 Å². The Morgan fingerprint density at radius 1 is 0.545 bits per heavy atom. The molecule has 0 aromatic carbocycles. The minimum atomic E-state index is -1.17. The minimum Gasteiger partial charge on any atom is -0.394 e. The van der Waals surface area contributed by atoms with E-state index in [1.165, 1.54) is 109 Å². The number of unbranched alkanes of at least 4 members (excludes halogenated alkanes) is 19. The van der Waals surface area contributed by atoms with Crippen LogP contribution in [0.2, 0.25) is 0 Å². The predicted molar refractivity (Wildman–Crippen MR) is 190 cm³/mol. The van der Waals surface area contributed by atoms with Crippen molar-refractivity contribution in [3.63, 3.8) is 0 Å². The number of nitrogens with one attached hydrogen (secondary N) is 1. The predicted octanol–water partition coefficient (Wildman–Crippen LogP) is 10.0. The molecule has 258 valence electrons. The molecule has 0 saturated carbocycles. The van der Waals surface area contributed by atoms with Crippen LogP contribution in [0.3, 0.4) is 0 Å². The van der Waals surface area contributed by atoms with Gasteiger partial charge in [-0.3, -0.25) is 4.79 Å². The molecule has 0 fully saturated rings. The van der Waals surface area contributed by atoms with E-state index < -0.39 is 24.9 Å². The molecule has 0 bridgehead atoms. The first-order valence-electron chi connectivity index (χ1n) is 18.8. The number of rotatable bonds is 33. The van der Waals surface area contributed by atoms with Gasteiger partial charge >= 0.3 is 0 Å². The molecule has 44 heavy (non-hydrogen) atoms. The maximum Gasteiger partial charge on any atom is 0.220 e. The summed E-state index contributed by atoms with van der Waals surface area (Å²) in [6.45, 7) is 4.09. The lowest BCUT2D eigenvalue weighted by Crippen LogP contribution is -2.50. The van der Waals surface area contributed by atoms with Gasteiger partial charge in [0, 0.05) is 6.42 Å². The summed E-state index contributed by atoms with van der Waals surface area (Å²) in [6.07, 6.45) is 41.2. The van der Waals surface area contributed by atoms with Crippen LogP contribution in [0.15, 0.2) is 36.5 Å². The van der Waals surface area contributed by atoms with Gasteiger partial charge in [-0.2, -0.15) is 0 Å². The number of carbonyl (C=O) groups excluding carboxylic acids is 1. The highest BCUT2D eigenvalue weighted by Crippen LogP contribution is 2.13. The standard InChI is InChI=1S/C39H73NO4/c1-3-5-7-9-11-13-14-15-16-17-18-19-20-21-22-23-24-26-27-29-31-33-37(42)39(44)36(35-41)40-38(43)34-32-30-28-25-12-10-8-6-4-2/h21-22,25-28,36-37,39,41-42,44H,3-20,23-24,29-35H2,1-2H3,(H,40,43)/b22-21+,27-26+,28-25-. The summed E-state index contributed by atoms with van der Waals surface area (Å²) in [7, 11) is 0. The third-order valence-corrected chi connectivity index (χ3v) is 8.44. The van der Waals surface area contributed by atoms with Gasteiger partial charge in [0.25, 0.3) is 0 Å². The molecule has 0 aromatic rings. The van der Waals surface area contributed by atoms with Crippen molar-refractivity contribution in [2.75, 3.05) is 6.61 Å². The van der Waals surface area contributed by atoms with Gasteiger partial charge in [-0.15, -0.1) is 0 Å². The van der Waals surface area contributed by atoms with Gasteiger partial charge in [0.1, 0.15) is 6.10 Å². The van der Waals surface area contributed by atoms with E-state index in [0.717, 1.165) is 44.9 Å². The average Bonchev–Trinajstić information content (AvgIpc) is 3.03. The summed E-state index contributed by atoms with van der Waals surface area (Å²) >= 11 is 0. The minimum absolute atomic E-state index is 0.197. The Balaban J connectivity index is 3.74. The largest absolute Gasteiger partial charge is 0.394 e. The van der Waals surface area contributed by atoms with Crippen LogP contribution < -0.4 is 5.32 Å². The molecule has 0 aliphatic heterocycles. The van der Waals surface area contributed by atoms with Gasteiger partial charge in [-0.25, -0.2) is 0 Å². The van der Waals surface area contributed by atoms with Gasteiger partial charge in [0.05, 0.1) is 18.8 Å². The van der Waals surface area contributed by atoms with Gasteiger partial charge < -0.3 is 20.6 Å². The molecule has 0 saturated heterocycles. The van der Waals surface area contributed by atoms with E-state index in [1.54, 1.807) is 0 Å². The van der Waals surface area contributed by atoms with Gasteiger partial charge in [0.2, 0.25) is 5.91 Å². The molecule has 0 aliphatic rings. The molecule has 3 unspecified atom stereocenters. The smallest absolute Gasteiger partial charge is 0.220 e. The molecule has 0 aliphatic carbocycles. The number of hydrogen-bond acceptors (Lipinski definition) is 4. The summed E-state index contributed by atoms with van der Waals surface area (Å²) in [5.74, 6) is -0.197. The number of carbonyl (C=O) groups is 1. The van der Waals surface area contributed by atoms with Crippen LogP contribution in [0.4, 0.5) is 0 Å². The van der Waals surface area contributed by atoms with Crippen molar-refractivity contribution in [3.8, 4) is 0 Å². The van der Waals surface area contributed by atoms with Crippen LogP contribution in [0.5, 0.6) is 0 Å². The van der Waals surface area contributed by atoms with Crippen LogP contribution in [0, 0.1) is 0 Å². The molecule has 1 amide bonds. The van der Waals surface area contributed by atoms with E-state index in [0.29, 0.717) is 12.8 Å². The number of hydrogen-bond donors (Lipinski definition) is 4. The Morgan fingerprint density at radius 3 is 1.41 bits per heavy atom. The molecule has 3 atom stereocenters. The lowest BCUT2D eigenvalue weighted by Gasteiger charge is -2.26. The maximum atomic E-state index is 12.2. The third kappa shape index (κ3) is 29.3. The molecular formula is C39H73NO4. The van der Waals surface area contributed by atoms with E-state index in [2.05, 4.69) is 55.6 Å². The van der Waals surface area contributed by atoms with Crippen LogP contribution in [-0.2, 0) is 4.79 Å². The maximum absolute atomic E-state index is 12.2. The zero-order chi connectivity index (χ0) is 32.4. The van der Waals surface area contributed by atoms with Crippen molar-refractivity contribution in [1.82, 2.24) is 5.32 Å². The molecule has 5 nitrogen and oxygen atoms in total. The summed E-state index contributed by atoms with van der Waals surface area (Å²) in [5, 5.41) is 33.2. The second-order valence-corrected chi connectivity index (χ2v) is 12.8. The second kappa shape index (κ2) is 34.4. The molecule has 0 rings (SSSR count). The van der Waals surface area contributed by atoms with Crippen molar-refractivity contribution in [3.05, 3.63) is 36.5 Å². The van der Waals surface area contributed by atoms with E-state index >= 15 is 0 Å². The molecule has 0 spiro atoms. The third-order valence-electron chi connectivity index (χ3n) is 8.44. The zero-order valence-corrected chi connectivity index (χ0v) is 29.0. The number of amides is 1. The van der Waals surface area contributed by atoms with Crippen LogP contribution >= 0.6 is 0 Å². The van der Waals surface area contributed by atoms with Crippen molar-refractivity contribution >= 4 is 5.91 Å². The first kappa shape index (κ1) is 42.6. The summed E-state index contributed by atoms with van der Waals surface area (Å²) in [5.41, 5.74) is 0. The summed E-state index contributed by atoms with van der Waals surface area (Å²) in [4.78, 5) is 12.2. The molecule has 0 heterocycles. The van der Waals surface area contributed by atoms with Crippen molar-refractivity contribution < 1.29 is 20.1 Å². The van der Waals surface area contributed by atoms with E-state index in [9.17, 15) is 20.1 Å². The summed E-state index contributed by atoms with van der Waals surface area (Å²) < 4.78 is 0. The SMILES string of the molecule is CCCCCC/C=C\CCCC(=O)NC(CO)C(O)C(O)CCC/C=C/CC/C=C/CCCCCCCCCCCCCC. The monoisotopic (exact) mass is 620 g/mol. The fraction of sp³-hybridized carbons (Fsp3) is 0.821. The molecule has 0 aromatic heterocycles. The van der Waals surface area contributed by atoms with Crippen LogP contribution in [0.25, 0.3) is 0 Å². The van der Waals surface area contributed by atoms with Gasteiger partial charge in [0.15, 0.2) is 0 Å². The molecule has 4 N–H and O–H groups in total. The lowest BCUT2D eigenvalue weighted by molar-refractivity contribution is -0.124. The van der Waals surface area contributed by atoms with Gasteiger partial charge in [-0.05, 0) is 70.6 Å². The van der Waals surface area contributed by atoms with E-state index in [1.807, 2.05) is 0 Å². The van der Waals surface area contributed by atoms with Crippen molar-refractivity contribution in [1.29, 1.82) is 0 Å². The van der Waals surface area contributed by atoms with Crippen molar-refractivity contribution in [2.24, 2.45) is 0 Å². The average molecular weight is 620 g/mol. The lowest BCUT2D eigenvalue weighted by atomic mass is 10.0. The topological polar surface area (TPSA) is 89.8 Å². The Morgan fingerprint density at radius 2 is 0.932 bits per heavy atom. The fourth-order valence-corrected chi connectivity index (χ4v) is 5.47. The quantitative estimate of drug-likeness (QED) is 0.0435. The Bertz CT molecular complexity index is 690. The van der Waals surface area contributed by atoms with Crippen LogP contribution in [-0.4, -0.2) is 46.1 Å². The fourth-order valence-electron chi connectivity index (χ4n) is 5.47. The highest BCUT2D eigenvalue weighted by molar-refractivity contribution is 5.76. The first-order valence-corrected chi connectivity index (χ1v) is 18.8. The van der Waals surface area contributed by atoms with E-state index in [-0.39, 0.29) is 5.91 Å². The normalized spacial score (nSPS) is 14.2. The molecule has 0 radical (unpaired) electrons. The zero-order valence-electron chi connectivity index (χ0n) is 29.0. The van der Waals surface area contributed by atoms with E-state index in [4.69, 9.17) is 0 Å².